The van der Waals surface area contributed by atoms with Crippen LogP contribution in [0.15, 0.2) is 90.3 Å². The van der Waals surface area contributed by atoms with Crippen molar-refractivity contribution in [3.8, 4) is 0 Å². The number of rotatable bonds is 2. The van der Waals surface area contributed by atoms with Crippen LogP contribution in [0.1, 0.15) is 56.9 Å². The first kappa shape index (κ1) is 23.1. The van der Waals surface area contributed by atoms with E-state index in [9.17, 15) is 9.59 Å². The molecular formula is C33H28N2O2. The van der Waals surface area contributed by atoms with Crippen molar-refractivity contribution in [3.63, 3.8) is 0 Å². The predicted octanol–water partition coefficient (Wildman–Crippen LogP) is 7.48. The summed E-state index contributed by atoms with van der Waals surface area (Å²) in [6.07, 6.45) is 5.21. The third-order valence-corrected chi connectivity index (χ3v) is 7.68. The number of allylic oxidation sites excluding steroid dienone is 4. The number of anilines is 2. The van der Waals surface area contributed by atoms with Crippen LogP contribution in [0.3, 0.4) is 0 Å². The van der Waals surface area contributed by atoms with Gasteiger partial charge in [-0.25, -0.2) is 0 Å². The monoisotopic (exact) mass is 484 g/mol. The molecule has 4 nitrogen and oxygen atoms in total. The number of carbonyl (C=O) groups is 2. The van der Waals surface area contributed by atoms with Crippen molar-refractivity contribution in [2.75, 3.05) is 4.90 Å². The number of hydrogen-bond donors (Lipinski definition) is 0. The van der Waals surface area contributed by atoms with E-state index in [1.54, 1.807) is 24.4 Å². The molecule has 0 spiro atoms. The number of aromatic nitrogens is 1. The van der Waals surface area contributed by atoms with Crippen LogP contribution >= 0.6 is 0 Å². The molecule has 0 fully saturated rings. The fourth-order valence-corrected chi connectivity index (χ4v) is 6.15. The van der Waals surface area contributed by atoms with E-state index >= 15 is 0 Å². The highest BCUT2D eigenvalue weighted by Gasteiger charge is 2.43. The van der Waals surface area contributed by atoms with Crippen LogP contribution in [0.25, 0.3) is 10.8 Å². The first-order valence-corrected chi connectivity index (χ1v) is 12.6. The molecule has 4 aromatic rings. The maximum Gasteiger partial charge on any atom is 0.216 e. The molecule has 37 heavy (non-hydrogen) atoms. The zero-order valence-electron chi connectivity index (χ0n) is 21.7. The summed E-state index contributed by atoms with van der Waals surface area (Å²) in [6, 6.07) is 20.6. The molecule has 1 aromatic heterocycles. The van der Waals surface area contributed by atoms with E-state index in [-0.39, 0.29) is 28.2 Å². The summed E-state index contributed by atoms with van der Waals surface area (Å²) in [5.41, 5.74) is 8.48. The highest BCUT2D eigenvalue weighted by atomic mass is 16.2. The zero-order chi connectivity index (χ0) is 26.1. The lowest BCUT2D eigenvalue weighted by atomic mass is 9.81. The lowest BCUT2D eigenvalue weighted by molar-refractivity contribution is 0.0987. The van der Waals surface area contributed by atoms with Gasteiger partial charge >= 0.3 is 0 Å². The van der Waals surface area contributed by atoms with Crippen molar-refractivity contribution in [2.45, 2.75) is 40.0 Å². The fraction of sp³-hybridized carbons (Fsp3) is 0.182. The van der Waals surface area contributed by atoms with E-state index < -0.39 is 0 Å². The molecule has 0 bridgehead atoms. The molecule has 4 heteroatoms. The standard InChI is InChI=1S/C33H28N2O2/c1-19-17-20(2)30(21(3)18-19)35-26-14-12-22-9-6-7-10-23(22)28(26)33(4,5)27(35)15-13-25-31(36)24-11-8-16-34-29(24)32(25)37/h6-18H,1-5H3/b25-13+,27-15+. The van der Waals surface area contributed by atoms with Gasteiger partial charge in [-0.3, -0.25) is 14.6 Å². The Kier molecular flexibility index (Phi) is 5.06. The third-order valence-electron chi connectivity index (χ3n) is 7.68. The van der Waals surface area contributed by atoms with Crippen molar-refractivity contribution in [1.29, 1.82) is 0 Å². The maximum absolute atomic E-state index is 13.1. The highest BCUT2D eigenvalue weighted by molar-refractivity contribution is 6.38. The topological polar surface area (TPSA) is 50.3 Å². The van der Waals surface area contributed by atoms with Crippen LogP contribution in [-0.4, -0.2) is 16.6 Å². The van der Waals surface area contributed by atoms with E-state index in [1.807, 2.05) is 6.08 Å². The average Bonchev–Trinajstić information content (AvgIpc) is 3.24. The van der Waals surface area contributed by atoms with E-state index in [0.717, 1.165) is 17.1 Å². The van der Waals surface area contributed by atoms with Gasteiger partial charge in [0, 0.05) is 17.3 Å². The minimum atomic E-state index is -0.382. The van der Waals surface area contributed by atoms with Gasteiger partial charge in [0.05, 0.1) is 22.5 Å². The Morgan fingerprint density at radius 3 is 2.30 bits per heavy atom. The number of ketones is 2. The summed E-state index contributed by atoms with van der Waals surface area (Å²) in [7, 11) is 0. The van der Waals surface area contributed by atoms with Crippen LogP contribution in [0.5, 0.6) is 0 Å². The summed E-state index contributed by atoms with van der Waals surface area (Å²) in [5.74, 6) is -0.580. The Labute approximate surface area is 217 Å². The first-order valence-electron chi connectivity index (χ1n) is 12.6. The number of benzene rings is 3. The SMILES string of the molecule is Cc1cc(C)c(N2/C(=C/C=C3\C(=O)c4cccnc4C3=O)C(C)(C)c3c2ccc2ccccc32)c(C)c1. The van der Waals surface area contributed by atoms with E-state index in [4.69, 9.17) is 0 Å². The number of nitrogens with zero attached hydrogens (tertiary/aromatic N) is 2. The number of Topliss-reactive ketones (excluding diaryl/α,β-unsaturated/α-hetero) is 2. The molecule has 0 atom stereocenters. The molecule has 0 amide bonds. The molecule has 0 saturated heterocycles. The molecule has 0 saturated carbocycles. The van der Waals surface area contributed by atoms with Gasteiger partial charge in [0.1, 0.15) is 5.69 Å². The lowest BCUT2D eigenvalue weighted by Gasteiger charge is -2.30. The van der Waals surface area contributed by atoms with Gasteiger partial charge in [-0.05, 0) is 78.6 Å². The molecule has 0 radical (unpaired) electrons. The molecule has 182 valence electrons. The van der Waals surface area contributed by atoms with Crippen molar-refractivity contribution >= 4 is 33.7 Å². The molecule has 0 unspecified atom stereocenters. The average molecular weight is 485 g/mol. The third kappa shape index (κ3) is 3.32. The molecule has 3 aromatic carbocycles. The second-order valence-corrected chi connectivity index (χ2v) is 10.6. The summed E-state index contributed by atoms with van der Waals surface area (Å²) >= 11 is 0. The summed E-state index contributed by atoms with van der Waals surface area (Å²) in [6.45, 7) is 10.8. The molecule has 1 aliphatic carbocycles. The van der Waals surface area contributed by atoms with E-state index in [2.05, 4.69) is 93.0 Å². The van der Waals surface area contributed by atoms with Crippen molar-refractivity contribution in [1.82, 2.24) is 4.98 Å². The van der Waals surface area contributed by atoms with Gasteiger partial charge in [0.25, 0.3) is 0 Å². The van der Waals surface area contributed by atoms with Gasteiger partial charge in [-0.15, -0.1) is 0 Å². The molecule has 2 heterocycles. The Hall–Kier alpha value is -4.31. The van der Waals surface area contributed by atoms with Gasteiger partial charge in [-0.1, -0.05) is 61.9 Å². The largest absolute Gasteiger partial charge is 0.312 e. The zero-order valence-corrected chi connectivity index (χ0v) is 21.7. The van der Waals surface area contributed by atoms with Crippen molar-refractivity contribution in [2.24, 2.45) is 0 Å². The Bertz CT molecular complexity index is 1660. The smallest absolute Gasteiger partial charge is 0.216 e. The van der Waals surface area contributed by atoms with Crippen molar-refractivity contribution < 1.29 is 9.59 Å². The number of pyridine rings is 1. The minimum Gasteiger partial charge on any atom is -0.312 e. The first-order chi connectivity index (χ1) is 17.7. The number of carbonyl (C=O) groups excluding carboxylic acids is 2. The van der Waals surface area contributed by atoms with Crippen LogP contribution in [-0.2, 0) is 5.41 Å². The fourth-order valence-electron chi connectivity index (χ4n) is 6.15. The summed E-state index contributed by atoms with van der Waals surface area (Å²) in [4.78, 5) is 32.6. The van der Waals surface area contributed by atoms with Crippen molar-refractivity contribution in [3.05, 3.63) is 124 Å². The van der Waals surface area contributed by atoms with Crippen LogP contribution < -0.4 is 4.90 Å². The Morgan fingerprint density at radius 1 is 0.838 bits per heavy atom. The van der Waals surface area contributed by atoms with Gasteiger partial charge < -0.3 is 4.90 Å². The van der Waals surface area contributed by atoms with Gasteiger partial charge in [0.2, 0.25) is 5.78 Å². The highest BCUT2D eigenvalue weighted by Crippen LogP contribution is 2.54. The van der Waals surface area contributed by atoms with Crippen LogP contribution in [0.2, 0.25) is 0 Å². The second kappa shape index (κ2) is 8.10. The number of fused-ring (bicyclic) bond motifs is 4. The Morgan fingerprint density at radius 2 is 1.57 bits per heavy atom. The quantitative estimate of drug-likeness (QED) is 0.219. The van der Waals surface area contributed by atoms with Crippen LogP contribution in [0, 0.1) is 20.8 Å². The second-order valence-electron chi connectivity index (χ2n) is 10.6. The normalized spacial score (nSPS) is 18.2. The number of hydrogen-bond acceptors (Lipinski definition) is 4. The summed E-state index contributed by atoms with van der Waals surface area (Å²) in [5, 5.41) is 2.40. The summed E-state index contributed by atoms with van der Waals surface area (Å²) < 4.78 is 0. The number of aryl methyl sites for hydroxylation is 3. The van der Waals surface area contributed by atoms with Gasteiger partial charge in [0.15, 0.2) is 5.78 Å². The molecule has 1 aliphatic heterocycles. The Balaban J connectivity index is 1.61. The van der Waals surface area contributed by atoms with Gasteiger partial charge in [-0.2, -0.15) is 0 Å². The predicted molar refractivity (Wildman–Crippen MR) is 149 cm³/mol. The minimum absolute atomic E-state index is 0.162. The van der Waals surface area contributed by atoms with E-state index in [0.29, 0.717) is 5.56 Å². The molecular weight excluding hydrogens is 456 g/mol. The van der Waals surface area contributed by atoms with Crippen LogP contribution in [0.4, 0.5) is 11.4 Å². The molecule has 2 aliphatic rings. The lowest BCUT2D eigenvalue weighted by Crippen LogP contribution is -2.24. The molecule has 6 rings (SSSR count). The maximum atomic E-state index is 13.1. The molecule has 0 N–H and O–H groups in total. The van der Waals surface area contributed by atoms with E-state index in [1.165, 1.54) is 33.0 Å².